The Morgan fingerprint density at radius 1 is 1.06 bits per heavy atom. The molecule has 0 N–H and O–H groups in total. The van der Waals surface area contributed by atoms with Crippen LogP contribution in [0.1, 0.15) is 64.0 Å². The molecule has 8 heteroatoms. The van der Waals surface area contributed by atoms with Gasteiger partial charge >= 0.3 is 6.01 Å². The van der Waals surface area contributed by atoms with Crippen LogP contribution < -0.4 is 4.74 Å². The molecule has 33 heavy (non-hydrogen) atoms. The van der Waals surface area contributed by atoms with Crippen LogP contribution in [0.2, 0.25) is 0 Å². The summed E-state index contributed by atoms with van der Waals surface area (Å²) in [5.41, 5.74) is 1.93. The second-order valence-corrected chi connectivity index (χ2v) is 10.2. The van der Waals surface area contributed by atoms with Gasteiger partial charge in [-0.3, -0.25) is 4.90 Å². The first kappa shape index (κ1) is 21.5. The van der Waals surface area contributed by atoms with Gasteiger partial charge in [-0.05, 0) is 65.1 Å². The average Bonchev–Trinajstić information content (AvgIpc) is 3.57. The molecule has 4 aliphatic rings. The predicted octanol–water partition coefficient (Wildman–Crippen LogP) is 3.55. The molecule has 2 saturated heterocycles. The molecule has 1 saturated carbocycles. The number of aromatic nitrogens is 4. The summed E-state index contributed by atoms with van der Waals surface area (Å²) in [7, 11) is 2.16. The van der Waals surface area contributed by atoms with Crippen LogP contribution in [0.25, 0.3) is 11.5 Å². The largest absolute Gasteiger partial charge is 0.459 e. The van der Waals surface area contributed by atoms with E-state index in [1.54, 1.807) is 6.20 Å². The lowest BCUT2D eigenvalue weighted by Crippen LogP contribution is -2.57. The highest BCUT2D eigenvalue weighted by atomic mass is 16.7. The van der Waals surface area contributed by atoms with Gasteiger partial charge in [0.1, 0.15) is 11.8 Å². The van der Waals surface area contributed by atoms with Crippen molar-refractivity contribution in [2.45, 2.75) is 88.2 Å². The first-order valence-corrected chi connectivity index (χ1v) is 12.7. The van der Waals surface area contributed by atoms with Crippen LogP contribution >= 0.6 is 0 Å². The fourth-order valence-electron chi connectivity index (χ4n) is 6.88. The molecule has 0 amide bonds. The zero-order valence-corrected chi connectivity index (χ0v) is 19.8. The normalized spacial score (nSPS) is 30.1. The number of ether oxygens (including phenoxy) is 3. The monoisotopic (exact) mass is 453 g/mol. The fraction of sp³-hybridized carbons (Fsp3) is 0.720. The van der Waals surface area contributed by atoms with Gasteiger partial charge in [-0.2, -0.15) is 4.98 Å². The van der Waals surface area contributed by atoms with Crippen molar-refractivity contribution >= 4 is 0 Å². The number of hydrogen-bond acceptors (Lipinski definition) is 7. The Kier molecular flexibility index (Phi) is 5.42. The van der Waals surface area contributed by atoms with E-state index in [9.17, 15) is 0 Å². The van der Waals surface area contributed by atoms with Gasteiger partial charge in [0, 0.05) is 37.1 Å². The van der Waals surface area contributed by atoms with Crippen LogP contribution in [0.15, 0.2) is 18.5 Å². The van der Waals surface area contributed by atoms with Crippen LogP contribution in [-0.2, 0) is 21.4 Å². The summed E-state index contributed by atoms with van der Waals surface area (Å²) in [5, 5.41) is 0. The number of imidazole rings is 1. The first-order valence-electron chi connectivity index (χ1n) is 12.7. The molecular formula is C25H35N5O3. The molecule has 2 spiro atoms. The quantitative estimate of drug-likeness (QED) is 0.701. The van der Waals surface area contributed by atoms with Crippen molar-refractivity contribution in [3.63, 3.8) is 0 Å². The molecule has 0 radical (unpaired) electrons. The number of rotatable bonds is 4. The number of nitrogens with zero attached hydrogens (tertiary/aromatic N) is 5. The maximum atomic E-state index is 6.35. The minimum atomic E-state index is -0.497. The topological polar surface area (TPSA) is 74.5 Å². The maximum absolute atomic E-state index is 6.35. The lowest BCUT2D eigenvalue weighted by molar-refractivity contribution is -0.232. The molecule has 2 aromatic heterocycles. The SMILES string of the molecule is C[C@H](Oc1nccc(-c2ncc3n2CCCC32CCCCC23OCCO3)n1)[C@@H]1CCCN1C. The van der Waals surface area contributed by atoms with E-state index in [2.05, 4.69) is 28.4 Å². The fourth-order valence-corrected chi connectivity index (χ4v) is 6.88. The number of hydrogen-bond donors (Lipinski definition) is 0. The van der Waals surface area contributed by atoms with Crippen molar-refractivity contribution in [1.82, 2.24) is 24.4 Å². The molecule has 0 aromatic carbocycles. The van der Waals surface area contributed by atoms with Gasteiger partial charge in [0.15, 0.2) is 11.6 Å². The van der Waals surface area contributed by atoms with Crippen LogP contribution in [0.4, 0.5) is 0 Å². The molecular weight excluding hydrogens is 418 g/mol. The summed E-state index contributed by atoms with van der Waals surface area (Å²) in [6.07, 6.45) is 12.8. The third-order valence-electron chi connectivity index (χ3n) is 8.45. The van der Waals surface area contributed by atoms with Crippen LogP contribution in [0.5, 0.6) is 6.01 Å². The van der Waals surface area contributed by atoms with Crippen molar-refractivity contribution in [3.05, 3.63) is 24.2 Å². The van der Waals surface area contributed by atoms with Crippen LogP contribution in [-0.4, -0.2) is 69.2 Å². The summed E-state index contributed by atoms with van der Waals surface area (Å²) in [6, 6.07) is 2.78. The van der Waals surface area contributed by atoms with Gasteiger partial charge in [0.05, 0.1) is 18.6 Å². The molecule has 3 fully saturated rings. The van der Waals surface area contributed by atoms with Gasteiger partial charge in [0.2, 0.25) is 0 Å². The van der Waals surface area contributed by atoms with E-state index in [-0.39, 0.29) is 11.5 Å². The summed E-state index contributed by atoms with van der Waals surface area (Å²) in [5.74, 6) is 0.393. The summed E-state index contributed by atoms with van der Waals surface area (Å²) in [6.45, 7) is 5.54. The van der Waals surface area contributed by atoms with Crippen molar-refractivity contribution in [3.8, 4) is 17.5 Å². The number of fused-ring (bicyclic) bond motifs is 3. The second-order valence-electron chi connectivity index (χ2n) is 10.2. The lowest BCUT2D eigenvalue weighted by Gasteiger charge is -2.52. The third kappa shape index (κ3) is 3.41. The van der Waals surface area contributed by atoms with Crippen molar-refractivity contribution in [2.75, 3.05) is 26.8 Å². The Morgan fingerprint density at radius 2 is 1.88 bits per heavy atom. The van der Waals surface area contributed by atoms with Crippen LogP contribution in [0, 0.1) is 0 Å². The maximum Gasteiger partial charge on any atom is 0.317 e. The lowest BCUT2D eigenvalue weighted by atomic mass is 9.63. The van der Waals surface area contributed by atoms with Gasteiger partial charge < -0.3 is 18.8 Å². The Balaban J connectivity index is 1.31. The standard InChI is InChI=1S/C25H35N5O3/c1-18(20-7-5-13-29(20)2)33-23-26-12-8-19(28-23)22-27-17-21-24(10-6-14-30(21)22)9-3-4-11-25(24)31-15-16-32-25/h8,12,17-18,20H,3-7,9-11,13-16H2,1-2H3/t18-,20-,24?/m0/s1. The summed E-state index contributed by atoms with van der Waals surface area (Å²) < 4.78 is 21.3. The van der Waals surface area contributed by atoms with Crippen molar-refractivity contribution < 1.29 is 14.2 Å². The van der Waals surface area contributed by atoms with E-state index >= 15 is 0 Å². The van der Waals surface area contributed by atoms with Gasteiger partial charge in [-0.15, -0.1) is 0 Å². The van der Waals surface area contributed by atoms with E-state index < -0.39 is 5.79 Å². The first-order chi connectivity index (χ1) is 16.1. The molecule has 1 aliphatic carbocycles. The second kappa shape index (κ2) is 8.32. The number of likely N-dealkylation sites (tertiary alicyclic amines) is 1. The van der Waals surface area contributed by atoms with Crippen molar-refractivity contribution in [1.29, 1.82) is 0 Å². The predicted molar refractivity (Wildman–Crippen MR) is 123 cm³/mol. The highest BCUT2D eigenvalue weighted by Crippen LogP contribution is 2.55. The van der Waals surface area contributed by atoms with Gasteiger partial charge in [-0.1, -0.05) is 6.42 Å². The van der Waals surface area contributed by atoms with Gasteiger partial charge in [0.25, 0.3) is 0 Å². The minimum Gasteiger partial charge on any atom is -0.459 e. The average molecular weight is 454 g/mol. The van der Waals surface area contributed by atoms with E-state index in [4.69, 9.17) is 24.2 Å². The third-order valence-corrected chi connectivity index (χ3v) is 8.45. The molecule has 2 aromatic rings. The molecule has 178 valence electrons. The highest BCUT2D eigenvalue weighted by Gasteiger charge is 2.59. The molecule has 8 nitrogen and oxygen atoms in total. The molecule has 5 heterocycles. The van der Waals surface area contributed by atoms with E-state index in [1.807, 2.05) is 12.3 Å². The van der Waals surface area contributed by atoms with Crippen molar-refractivity contribution in [2.24, 2.45) is 0 Å². The highest BCUT2D eigenvalue weighted by molar-refractivity contribution is 5.52. The molecule has 0 bridgehead atoms. The summed E-state index contributed by atoms with van der Waals surface area (Å²) >= 11 is 0. The molecule has 3 aliphatic heterocycles. The zero-order chi connectivity index (χ0) is 22.5. The minimum absolute atomic E-state index is 0.0453. The van der Waals surface area contributed by atoms with E-state index in [0.29, 0.717) is 25.3 Å². The van der Waals surface area contributed by atoms with Crippen LogP contribution in [0.3, 0.4) is 0 Å². The Labute approximate surface area is 195 Å². The smallest absolute Gasteiger partial charge is 0.317 e. The number of likely N-dealkylation sites (N-methyl/N-ethyl adjacent to an activating group) is 1. The Morgan fingerprint density at radius 3 is 2.70 bits per heavy atom. The van der Waals surface area contributed by atoms with E-state index in [0.717, 1.165) is 63.1 Å². The molecule has 1 unspecified atom stereocenters. The van der Waals surface area contributed by atoms with E-state index in [1.165, 1.54) is 18.5 Å². The molecule has 3 atom stereocenters. The summed E-state index contributed by atoms with van der Waals surface area (Å²) in [4.78, 5) is 16.4. The Bertz CT molecular complexity index is 1000. The molecule has 6 rings (SSSR count). The Hall–Kier alpha value is -2.03. The zero-order valence-electron chi connectivity index (χ0n) is 19.8. The van der Waals surface area contributed by atoms with Gasteiger partial charge in [-0.25, -0.2) is 9.97 Å².